The highest BCUT2D eigenvalue weighted by molar-refractivity contribution is 9.10. The molecule has 0 saturated carbocycles. The van der Waals surface area contributed by atoms with Crippen LogP contribution in [0.15, 0.2) is 10.6 Å². The van der Waals surface area contributed by atoms with E-state index in [0.717, 1.165) is 0 Å². The van der Waals surface area contributed by atoms with Crippen LogP contribution in [-0.2, 0) is 19.9 Å². The van der Waals surface area contributed by atoms with Gasteiger partial charge in [-0.3, -0.25) is 10.1 Å². The third kappa shape index (κ3) is 6.89. The molecule has 0 aliphatic carbocycles. The molecule has 0 radical (unpaired) electrons. The summed E-state index contributed by atoms with van der Waals surface area (Å²) in [5, 5.41) is 6.58. The summed E-state index contributed by atoms with van der Waals surface area (Å²) in [7, 11) is 1.61. The summed E-state index contributed by atoms with van der Waals surface area (Å²) in [6, 6.07) is 1.66. The van der Waals surface area contributed by atoms with Crippen LogP contribution in [0.3, 0.4) is 0 Å². The maximum absolute atomic E-state index is 11.8. The van der Waals surface area contributed by atoms with Gasteiger partial charge in [-0.05, 0) is 27.7 Å². The average Bonchev–Trinajstić information content (AvgIpc) is 2.89. The van der Waals surface area contributed by atoms with Gasteiger partial charge < -0.3 is 14.0 Å². The van der Waals surface area contributed by atoms with E-state index in [-0.39, 0.29) is 5.91 Å². The maximum Gasteiger partial charge on any atom is 0.243 e. The fourth-order valence-corrected chi connectivity index (χ4v) is 1.43. The molecule has 0 aliphatic heterocycles. The number of methoxy groups -OCH3 is 1. The molecule has 0 fully saturated rings. The number of aromatic nitrogens is 1. The fourth-order valence-electron chi connectivity index (χ4n) is 1.33. The van der Waals surface area contributed by atoms with E-state index in [9.17, 15) is 4.79 Å². The van der Waals surface area contributed by atoms with Crippen LogP contribution in [0, 0.1) is 0 Å². The molecular weight excluding hydrogens is 352 g/mol. The van der Waals surface area contributed by atoms with E-state index < -0.39 is 9.93 Å². The summed E-state index contributed by atoms with van der Waals surface area (Å²) in [4.78, 5) is 11.8. The van der Waals surface area contributed by atoms with Crippen LogP contribution >= 0.6 is 15.9 Å². The molecule has 128 valence electrons. The van der Waals surface area contributed by atoms with Crippen molar-refractivity contribution in [1.29, 1.82) is 0 Å². The minimum Gasteiger partial charge on any atom is -0.382 e. The van der Waals surface area contributed by atoms with Crippen molar-refractivity contribution < 1.29 is 18.8 Å². The summed E-state index contributed by atoms with van der Waals surface area (Å²) in [6.45, 7) is 12.2. The van der Waals surface area contributed by atoms with Gasteiger partial charge in [0.25, 0.3) is 0 Å². The lowest BCUT2D eigenvalue weighted by molar-refractivity contribution is -0.117. The van der Waals surface area contributed by atoms with Crippen molar-refractivity contribution in [2.75, 3.05) is 25.6 Å². The van der Waals surface area contributed by atoms with Gasteiger partial charge in [0.15, 0.2) is 0 Å². The van der Waals surface area contributed by atoms with E-state index in [1.165, 1.54) is 0 Å². The number of nitrogens with zero attached hydrogens (tertiary/aromatic N) is 1. The van der Waals surface area contributed by atoms with Crippen molar-refractivity contribution >= 4 is 27.7 Å². The van der Waals surface area contributed by atoms with Gasteiger partial charge in [0, 0.05) is 13.2 Å². The van der Waals surface area contributed by atoms with Crippen molar-refractivity contribution in [1.82, 2.24) is 5.16 Å². The minimum atomic E-state index is -0.676. The van der Waals surface area contributed by atoms with Crippen molar-refractivity contribution in [3.8, 4) is 0 Å². The normalized spacial score (nSPS) is 11.6. The highest BCUT2D eigenvalue weighted by Crippen LogP contribution is 2.27. The Bertz CT molecular complexity index is 453. The molecule has 0 aromatic carbocycles. The van der Waals surface area contributed by atoms with Gasteiger partial charge in [-0.15, -0.1) is 0 Å². The molecule has 0 saturated heterocycles. The molecule has 22 heavy (non-hydrogen) atoms. The van der Waals surface area contributed by atoms with Gasteiger partial charge >= 0.3 is 0 Å². The van der Waals surface area contributed by atoms with Gasteiger partial charge in [-0.25, -0.2) is 0 Å². The lowest BCUT2D eigenvalue weighted by Crippen LogP contribution is -2.30. The molecule has 1 aromatic heterocycles. The Balaban J connectivity index is 0.00000211. The van der Waals surface area contributed by atoms with Crippen molar-refractivity contribution in [2.24, 2.45) is 0 Å². The van der Waals surface area contributed by atoms with Crippen LogP contribution in [0.4, 0.5) is 5.88 Å². The molecular formula is C15H27BrN2O4. The molecule has 7 heteroatoms. The van der Waals surface area contributed by atoms with Crippen molar-refractivity contribution in [3.05, 3.63) is 11.8 Å². The monoisotopic (exact) mass is 378 g/mol. The quantitative estimate of drug-likeness (QED) is 0.578. The van der Waals surface area contributed by atoms with Crippen LogP contribution < -0.4 is 5.32 Å². The standard InChI is InChI=1S/C13H21BrN2O4.C2H6/c1-12(2,14)11(17)15-10-8-9(16-20-10)13(3,4)19-7-6-18-5;1-2/h8H,6-7H2,1-5H3,(H,15,17);1-2H3. The topological polar surface area (TPSA) is 73.6 Å². The van der Waals surface area contributed by atoms with E-state index in [4.69, 9.17) is 14.0 Å². The zero-order chi connectivity index (χ0) is 17.4. The first-order valence-corrected chi connectivity index (χ1v) is 8.06. The van der Waals surface area contributed by atoms with Crippen molar-refractivity contribution in [2.45, 2.75) is 51.5 Å². The number of alkyl halides is 1. The number of halogens is 1. The van der Waals surface area contributed by atoms with Gasteiger partial charge in [-0.2, -0.15) is 0 Å². The number of amides is 1. The molecule has 0 aliphatic rings. The second-order valence-corrected chi connectivity index (χ2v) is 7.34. The maximum atomic E-state index is 11.8. The highest BCUT2D eigenvalue weighted by Gasteiger charge is 2.28. The molecule has 0 spiro atoms. The SMILES string of the molecule is CC.COCCOC(C)(C)c1cc(NC(=O)C(C)(C)Br)on1. The largest absolute Gasteiger partial charge is 0.382 e. The highest BCUT2D eigenvalue weighted by atomic mass is 79.9. The van der Waals surface area contributed by atoms with Gasteiger partial charge in [0.2, 0.25) is 11.8 Å². The lowest BCUT2D eigenvalue weighted by atomic mass is 10.1. The first-order valence-electron chi connectivity index (χ1n) is 7.27. The van der Waals surface area contributed by atoms with Crippen LogP contribution in [0.25, 0.3) is 0 Å². The van der Waals surface area contributed by atoms with Crippen LogP contribution in [0.1, 0.15) is 47.2 Å². The van der Waals surface area contributed by atoms with Gasteiger partial charge in [-0.1, -0.05) is 34.9 Å². The molecule has 6 nitrogen and oxygen atoms in total. The molecule has 1 N–H and O–H groups in total. The van der Waals surface area contributed by atoms with Crippen molar-refractivity contribution in [3.63, 3.8) is 0 Å². The Morgan fingerprint density at radius 2 is 1.91 bits per heavy atom. The number of rotatable bonds is 7. The third-order valence-electron chi connectivity index (χ3n) is 2.65. The molecule has 0 unspecified atom stereocenters. The lowest BCUT2D eigenvalue weighted by Gasteiger charge is -2.22. The average molecular weight is 379 g/mol. The number of anilines is 1. The van der Waals surface area contributed by atoms with Crippen LogP contribution in [0.2, 0.25) is 0 Å². The van der Waals surface area contributed by atoms with E-state index in [1.807, 2.05) is 27.7 Å². The zero-order valence-electron chi connectivity index (χ0n) is 14.4. The van der Waals surface area contributed by atoms with Gasteiger partial charge in [0.05, 0.1) is 17.5 Å². The molecule has 0 bridgehead atoms. The minimum absolute atomic E-state index is 0.210. The molecule has 0 atom stereocenters. The van der Waals surface area contributed by atoms with E-state index >= 15 is 0 Å². The summed E-state index contributed by atoms with van der Waals surface area (Å²) in [5.74, 6) is 0.0826. The first kappa shape index (κ1) is 21.1. The van der Waals surface area contributed by atoms with Crippen LogP contribution in [-0.4, -0.2) is 35.7 Å². The number of carbonyl (C=O) groups is 1. The second kappa shape index (κ2) is 9.27. The molecule has 1 heterocycles. The number of ether oxygens (including phenoxy) is 2. The fraction of sp³-hybridized carbons (Fsp3) is 0.733. The number of nitrogens with one attached hydrogen (secondary N) is 1. The predicted octanol–water partition coefficient (Wildman–Crippen LogP) is 3.71. The Morgan fingerprint density at radius 3 is 2.41 bits per heavy atom. The van der Waals surface area contributed by atoms with Gasteiger partial charge in [0.1, 0.15) is 11.3 Å². The molecule has 1 amide bonds. The number of carbonyl (C=O) groups excluding carboxylic acids is 1. The third-order valence-corrected chi connectivity index (χ3v) is 3.01. The summed E-state index contributed by atoms with van der Waals surface area (Å²) < 4.78 is 15.0. The Labute approximate surface area is 141 Å². The Morgan fingerprint density at radius 1 is 1.32 bits per heavy atom. The zero-order valence-corrected chi connectivity index (χ0v) is 16.0. The summed E-state index contributed by atoms with van der Waals surface area (Å²) >= 11 is 3.28. The van der Waals surface area contributed by atoms with E-state index in [2.05, 4.69) is 26.4 Å². The first-order chi connectivity index (χ1) is 10.2. The molecule has 1 rings (SSSR count). The van der Waals surface area contributed by atoms with E-state index in [1.54, 1.807) is 27.0 Å². The Kier molecular flexibility index (Phi) is 8.88. The van der Waals surface area contributed by atoms with Crippen LogP contribution in [0.5, 0.6) is 0 Å². The number of hydrogen-bond donors (Lipinski definition) is 1. The van der Waals surface area contributed by atoms with E-state index in [0.29, 0.717) is 24.8 Å². The molecule has 1 aromatic rings. The Hall–Kier alpha value is -0.920. The summed E-state index contributed by atoms with van der Waals surface area (Å²) in [5.41, 5.74) is -0.00848. The summed E-state index contributed by atoms with van der Waals surface area (Å²) in [6.07, 6.45) is 0. The smallest absolute Gasteiger partial charge is 0.243 e. The second-order valence-electron chi connectivity index (χ2n) is 5.35. The predicted molar refractivity (Wildman–Crippen MR) is 90.3 cm³/mol. The number of hydrogen-bond acceptors (Lipinski definition) is 5.